The molecule has 2 N–H and O–H groups in total. The second-order valence-electron chi connectivity index (χ2n) is 6.77. The fourth-order valence-electron chi connectivity index (χ4n) is 2.68. The Labute approximate surface area is 172 Å². The van der Waals surface area contributed by atoms with Gasteiger partial charge in [-0.3, -0.25) is 9.79 Å². The van der Waals surface area contributed by atoms with E-state index in [1.165, 1.54) is 4.90 Å². The molecular formula is C22H30N4OS. The third-order valence-corrected chi connectivity index (χ3v) is 5.26. The third kappa shape index (κ3) is 7.27. The van der Waals surface area contributed by atoms with Crippen molar-refractivity contribution in [2.75, 3.05) is 34.2 Å². The summed E-state index contributed by atoms with van der Waals surface area (Å²) in [4.78, 5) is 19.2. The topological polar surface area (TPSA) is 56.7 Å². The van der Waals surface area contributed by atoms with Gasteiger partial charge in [-0.1, -0.05) is 37.3 Å². The lowest BCUT2D eigenvalue weighted by Crippen LogP contribution is -2.40. The minimum Gasteiger partial charge on any atom is -0.356 e. The van der Waals surface area contributed by atoms with Gasteiger partial charge in [0.1, 0.15) is 0 Å². The summed E-state index contributed by atoms with van der Waals surface area (Å²) >= 11 is 1.84. The monoisotopic (exact) mass is 398 g/mol. The van der Waals surface area contributed by atoms with E-state index >= 15 is 0 Å². The number of nitrogens with zero attached hydrogens (tertiary/aromatic N) is 2. The molecule has 1 unspecified atom stereocenters. The number of rotatable bonds is 8. The summed E-state index contributed by atoms with van der Waals surface area (Å²) in [5.41, 5.74) is 1.85. The Bertz CT molecular complexity index is 777. The first kappa shape index (κ1) is 21.8. The molecule has 0 aromatic heterocycles. The number of aliphatic imine (C=N–C) groups is 1. The van der Waals surface area contributed by atoms with E-state index in [1.54, 1.807) is 26.0 Å². The standard InChI is InChI=1S/C22H30N4OS/c1-17(28-20-11-6-5-7-12-20)16-25-22(23-2)24-14-13-18-9-8-10-19(15-18)21(27)26(3)4/h5-12,15,17H,13-14,16H2,1-4H3,(H2,23,24,25). The molecule has 2 aromatic rings. The number of guanidine groups is 1. The molecule has 6 heteroatoms. The molecule has 1 atom stereocenters. The maximum Gasteiger partial charge on any atom is 0.253 e. The Morgan fingerprint density at radius 3 is 2.54 bits per heavy atom. The number of amides is 1. The molecule has 0 spiro atoms. The smallest absolute Gasteiger partial charge is 0.253 e. The molecule has 2 aromatic carbocycles. The maximum atomic E-state index is 12.1. The molecule has 0 aliphatic heterocycles. The van der Waals surface area contributed by atoms with E-state index in [-0.39, 0.29) is 5.91 Å². The van der Waals surface area contributed by atoms with Crippen molar-refractivity contribution < 1.29 is 4.79 Å². The van der Waals surface area contributed by atoms with Crippen molar-refractivity contribution in [2.24, 2.45) is 4.99 Å². The number of nitrogens with one attached hydrogen (secondary N) is 2. The number of hydrogen-bond acceptors (Lipinski definition) is 3. The van der Waals surface area contributed by atoms with Crippen LogP contribution in [0.15, 0.2) is 64.5 Å². The molecule has 5 nitrogen and oxygen atoms in total. The highest BCUT2D eigenvalue weighted by atomic mass is 32.2. The number of thioether (sulfide) groups is 1. The van der Waals surface area contributed by atoms with Gasteiger partial charge in [0.2, 0.25) is 0 Å². The van der Waals surface area contributed by atoms with Crippen molar-refractivity contribution in [1.29, 1.82) is 0 Å². The van der Waals surface area contributed by atoms with Crippen LogP contribution in [0.2, 0.25) is 0 Å². The molecule has 0 heterocycles. The quantitative estimate of drug-likeness (QED) is 0.407. The number of benzene rings is 2. The number of hydrogen-bond donors (Lipinski definition) is 2. The zero-order valence-electron chi connectivity index (χ0n) is 17.1. The zero-order chi connectivity index (χ0) is 20.4. The largest absolute Gasteiger partial charge is 0.356 e. The van der Waals surface area contributed by atoms with E-state index in [9.17, 15) is 4.79 Å². The zero-order valence-corrected chi connectivity index (χ0v) is 17.9. The fourth-order valence-corrected chi connectivity index (χ4v) is 3.62. The first-order valence-corrected chi connectivity index (χ1v) is 10.3. The molecule has 0 aliphatic rings. The Morgan fingerprint density at radius 1 is 1.11 bits per heavy atom. The van der Waals surface area contributed by atoms with Crippen LogP contribution in [0.5, 0.6) is 0 Å². The van der Waals surface area contributed by atoms with E-state index in [0.717, 1.165) is 36.6 Å². The normalized spacial score (nSPS) is 12.4. The van der Waals surface area contributed by atoms with Crippen LogP contribution in [0.1, 0.15) is 22.8 Å². The molecule has 0 aliphatic carbocycles. The summed E-state index contributed by atoms with van der Waals surface area (Å²) in [5.74, 6) is 0.818. The maximum absolute atomic E-state index is 12.1. The van der Waals surface area contributed by atoms with Crippen LogP contribution in [0, 0.1) is 0 Å². The number of carbonyl (C=O) groups is 1. The van der Waals surface area contributed by atoms with Gasteiger partial charge in [-0.05, 0) is 36.2 Å². The Kier molecular flexibility index (Phi) is 8.88. The number of carbonyl (C=O) groups excluding carboxylic acids is 1. The summed E-state index contributed by atoms with van der Waals surface area (Å²) in [6.07, 6.45) is 0.823. The van der Waals surface area contributed by atoms with E-state index in [4.69, 9.17) is 0 Å². The summed E-state index contributed by atoms with van der Waals surface area (Å²) < 4.78 is 0. The van der Waals surface area contributed by atoms with Crippen molar-refractivity contribution in [3.8, 4) is 0 Å². The lowest BCUT2D eigenvalue weighted by molar-refractivity contribution is 0.0827. The van der Waals surface area contributed by atoms with E-state index in [1.807, 2.05) is 42.1 Å². The van der Waals surface area contributed by atoms with Crippen LogP contribution in [-0.4, -0.2) is 56.2 Å². The van der Waals surface area contributed by atoms with Crippen LogP contribution in [-0.2, 0) is 6.42 Å². The highest BCUT2D eigenvalue weighted by molar-refractivity contribution is 8.00. The van der Waals surface area contributed by atoms with E-state index in [2.05, 4.69) is 46.8 Å². The van der Waals surface area contributed by atoms with Crippen LogP contribution in [0.25, 0.3) is 0 Å². The predicted octanol–water partition coefficient (Wildman–Crippen LogP) is 3.28. The van der Waals surface area contributed by atoms with Gasteiger partial charge in [0.25, 0.3) is 5.91 Å². The molecule has 150 valence electrons. The summed E-state index contributed by atoms with van der Waals surface area (Å²) in [6, 6.07) is 18.2. The van der Waals surface area contributed by atoms with Crippen molar-refractivity contribution in [3.05, 3.63) is 65.7 Å². The highest BCUT2D eigenvalue weighted by Crippen LogP contribution is 2.21. The first-order valence-electron chi connectivity index (χ1n) is 9.46. The van der Waals surface area contributed by atoms with Gasteiger partial charge in [0.15, 0.2) is 5.96 Å². The lowest BCUT2D eigenvalue weighted by atomic mass is 10.1. The van der Waals surface area contributed by atoms with Crippen molar-refractivity contribution >= 4 is 23.6 Å². The van der Waals surface area contributed by atoms with Gasteiger partial charge in [-0.25, -0.2) is 0 Å². The molecule has 1 amide bonds. The Hall–Kier alpha value is -2.47. The first-order chi connectivity index (χ1) is 13.5. The molecule has 0 bridgehead atoms. The van der Waals surface area contributed by atoms with Gasteiger partial charge >= 0.3 is 0 Å². The molecule has 28 heavy (non-hydrogen) atoms. The van der Waals surface area contributed by atoms with Gasteiger partial charge in [0, 0.05) is 49.9 Å². The van der Waals surface area contributed by atoms with Crippen molar-refractivity contribution in [1.82, 2.24) is 15.5 Å². The molecule has 0 radical (unpaired) electrons. The average molecular weight is 399 g/mol. The van der Waals surface area contributed by atoms with Crippen molar-refractivity contribution in [2.45, 2.75) is 23.5 Å². The van der Waals surface area contributed by atoms with Crippen LogP contribution in [0.3, 0.4) is 0 Å². The van der Waals surface area contributed by atoms with Gasteiger partial charge in [-0.15, -0.1) is 11.8 Å². The molecular weight excluding hydrogens is 368 g/mol. The highest BCUT2D eigenvalue weighted by Gasteiger charge is 2.09. The Morgan fingerprint density at radius 2 is 1.86 bits per heavy atom. The van der Waals surface area contributed by atoms with E-state index < -0.39 is 0 Å². The van der Waals surface area contributed by atoms with Crippen molar-refractivity contribution in [3.63, 3.8) is 0 Å². The second kappa shape index (κ2) is 11.4. The van der Waals surface area contributed by atoms with Gasteiger partial charge < -0.3 is 15.5 Å². The van der Waals surface area contributed by atoms with Gasteiger partial charge in [0.05, 0.1) is 0 Å². The average Bonchev–Trinajstić information content (AvgIpc) is 2.70. The molecule has 0 saturated carbocycles. The minimum atomic E-state index is 0.0252. The minimum absolute atomic E-state index is 0.0252. The summed E-state index contributed by atoms with van der Waals surface area (Å²) in [5, 5.41) is 7.15. The van der Waals surface area contributed by atoms with Crippen LogP contribution < -0.4 is 10.6 Å². The molecule has 0 saturated heterocycles. The van der Waals surface area contributed by atoms with E-state index in [0.29, 0.717) is 5.25 Å². The predicted molar refractivity (Wildman–Crippen MR) is 119 cm³/mol. The SMILES string of the molecule is CN=C(NCCc1cccc(C(=O)N(C)C)c1)NCC(C)Sc1ccccc1. The summed E-state index contributed by atoms with van der Waals surface area (Å²) in [6.45, 7) is 3.77. The second-order valence-corrected chi connectivity index (χ2v) is 8.28. The molecule has 0 fully saturated rings. The van der Waals surface area contributed by atoms with Crippen LogP contribution in [0.4, 0.5) is 0 Å². The fraction of sp³-hybridized carbons (Fsp3) is 0.364. The van der Waals surface area contributed by atoms with Gasteiger partial charge in [-0.2, -0.15) is 0 Å². The Balaban J connectivity index is 1.76. The summed E-state index contributed by atoms with van der Waals surface area (Å²) in [7, 11) is 5.31. The lowest BCUT2D eigenvalue weighted by Gasteiger charge is -2.16. The molecule has 2 rings (SSSR count). The third-order valence-electron chi connectivity index (χ3n) is 4.15. The van der Waals surface area contributed by atoms with Crippen LogP contribution >= 0.6 is 11.8 Å².